The summed E-state index contributed by atoms with van der Waals surface area (Å²) in [5.41, 5.74) is 0. The molecule has 6 nitrogen and oxygen atoms in total. The van der Waals surface area contributed by atoms with Crippen LogP contribution in [0.1, 0.15) is 32.0 Å². The Hall–Kier alpha value is -1.85. The molecule has 106 valence electrons. The van der Waals surface area contributed by atoms with Crippen molar-refractivity contribution in [3.8, 4) is 0 Å². The van der Waals surface area contributed by atoms with Gasteiger partial charge < -0.3 is 15.4 Å². The van der Waals surface area contributed by atoms with Crippen molar-refractivity contribution in [1.82, 2.24) is 9.97 Å². The molecule has 6 heteroatoms. The van der Waals surface area contributed by atoms with Gasteiger partial charge >= 0.3 is 5.97 Å². The highest BCUT2D eigenvalue weighted by atomic mass is 16.5. The summed E-state index contributed by atoms with van der Waals surface area (Å²) >= 11 is 0. The van der Waals surface area contributed by atoms with Gasteiger partial charge in [0.2, 0.25) is 0 Å². The standard InChI is InChI=1S/C13H22N4O2/c1-4-5-6-7-14-11-8-12(17-10(2)16-11)15-9-13(18)19-3/h8H,4-7,9H2,1-3H3,(H2,14,15,16,17). The molecule has 0 saturated carbocycles. The minimum Gasteiger partial charge on any atom is -0.468 e. The lowest BCUT2D eigenvalue weighted by molar-refractivity contribution is -0.138. The van der Waals surface area contributed by atoms with Crippen LogP contribution in [0.5, 0.6) is 0 Å². The maximum absolute atomic E-state index is 11.1. The summed E-state index contributed by atoms with van der Waals surface area (Å²) in [4.78, 5) is 19.6. The summed E-state index contributed by atoms with van der Waals surface area (Å²) in [5.74, 6) is 1.73. The zero-order valence-electron chi connectivity index (χ0n) is 11.8. The zero-order valence-corrected chi connectivity index (χ0v) is 11.8. The summed E-state index contributed by atoms with van der Waals surface area (Å²) in [5, 5.41) is 6.17. The zero-order chi connectivity index (χ0) is 14.1. The first-order valence-electron chi connectivity index (χ1n) is 6.56. The molecule has 1 rings (SSSR count). The summed E-state index contributed by atoms with van der Waals surface area (Å²) < 4.78 is 4.56. The van der Waals surface area contributed by atoms with Crippen molar-refractivity contribution in [1.29, 1.82) is 0 Å². The number of rotatable bonds is 8. The molecule has 2 N–H and O–H groups in total. The Kier molecular flexibility index (Phi) is 6.63. The highest BCUT2D eigenvalue weighted by Gasteiger charge is 2.04. The lowest BCUT2D eigenvalue weighted by Crippen LogP contribution is -2.16. The topological polar surface area (TPSA) is 76.1 Å². The average molecular weight is 266 g/mol. The number of aromatic nitrogens is 2. The fourth-order valence-corrected chi connectivity index (χ4v) is 1.58. The molecular formula is C13H22N4O2. The fraction of sp³-hybridized carbons (Fsp3) is 0.615. The van der Waals surface area contributed by atoms with E-state index in [1.54, 1.807) is 6.07 Å². The number of unbranched alkanes of at least 4 members (excludes halogenated alkanes) is 2. The van der Waals surface area contributed by atoms with Crippen molar-refractivity contribution in [3.05, 3.63) is 11.9 Å². The lowest BCUT2D eigenvalue weighted by Gasteiger charge is -2.09. The van der Waals surface area contributed by atoms with Crippen LogP contribution in [0.15, 0.2) is 6.07 Å². The molecule has 0 bridgehead atoms. The van der Waals surface area contributed by atoms with Crippen molar-refractivity contribution in [2.75, 3.05) is 30.8 Å². The molecule has 0 radical (unpaired) electrons. The Morgan fingerprint density at radius 2 is 1.95 bits per heavy atom. The Bertz CT molecular complexity index is 410. The van der Waals surface area contributed by atoms with Crippen molar-refractivity contribution < 1.29 is 9.53 Å². The third-order valence-electron chi connectivity index (χ3n) is 2.57. The quantitative estimate of drug-likeness (QED) is 0.553. The molecule has 0 aliphatic heterocycles. The van der Waals surface area contributed by atoms with Gasteiger partial charge in [-0.2, -0.15) is 0 Å². The van der Waals surface area contributed by atoms with E-state index in [0.717, 1.165) is 18.8 Å². The van der Waals surface area contributed by atoms with Gasteiger partial charge in [0.05, 0.1) is 7.11 Å². The van der Waals surface area contributed by atoms with Crippen LogP contribution in [0.4, 0.5) is 11.6 Å². The predicted octanol–water partition coefficient (Wildman–Crippen LogP) is 1.97. The molecule has 0 saturated heterocycles. The van der Waals surface area contributed by atoms with Crippen LogP contribution < -0.4 is 10.6 Å². The molecule has 0 aliphatic carbocycles. The molecule has 1 aromatic rings. The Morgan fingerprint density at radius 3 is 2.58 bits per heavy atom. The van der Waals surface area contributed by atoms with E-state index < -0.39 is 0 Å². The third-order valence-corrected chi connectivity index (χ3v) is 2.57. The number of hydrogen-bond acceptors (Lipinski definition) is 6. The van der Waals surface area contributed by atoms with E-state index in [-0.39, 0.29) is 12.5 Å². The number of nitrogens with zero attached hydrogens (tertiary/aromatic N) is 2. The van der Waals surface area contributed by atoms with E-state index >= 15 is 0 Å². The second-order valence-corrected chi connectivity index (χ2v) is 4.25. The van der Waals surface area contributed by atoms with Gasteiger partial charge in [0, 0.05) is 12.6 Å². The number of anilines is 2. The average Bonchev–Trinajstić information content (AvgIpc) is 2.40. The number of aryl methyl sites for hydroxylation is 1. The predicted molar refractivity (Wildman–Crippen MR) is 75.3 cm³/mol. The highest BCUT2D eigenvalue weighted by molar-refractivity contribution is 5.74. The lowest BCUT2D eigenvalue weighted by atomic mass is 10.2. The van der Waals surface area contributed by atoms with Gasteiger partial charge in [-0.3, -0.25) is 4.79 Å². The van der Waals surface area contributed by atoms with Crippen LogP contribution in [0.2, 0.25) is 0 Å². The van der Waals surface area contributed by atoms with Gasteiger partial charge in [-0.25, -0.2) is 9.97 Å². The minimum atomic E-state index is -0.325. The molecule has 0 atom stereocenters. The largest absolute Gasteiger partial charge is 0.468 e. The van der Waals surface area contributed by atoms with Crippen LogP contribution >= 0.6 is 0 Å². The SMILES string of the molecule is CCCCCNc1cc(NCC(=O)OC)nc(C)n1. The van der Waals surface area contributed by atoms with Gasteiger partial charge in [-0.15, -0.1) is 0 Å². The normalized spacial score (nSPS) is 10.1. The van der Waals surface area contributed by atoms with Crippen LogP contribution in [-0.4, -0.2) is 36.1 Å². The number of nitrogens with one attached hydrogen (secondary N) is 2. The summed E-state index contributed by atoms with van der Waals surface area (Å²) in [6.07, 6.45) is 3.51. The molecule has 1 heterocycles. The number of hydrogen-bond donors (Lipinski definition) is 2. The van der Waals surface area contributed by atoms with Gasteiger partial charge in [0.25, 0.3) is 0 Å². The van der Waals surface area contributed by atoms with Crippen molar-refractivity contribution >= 4 is 17.6 Å². The maximum Gasteiger partial charge on any atom is 0.325 e. The van der Waals surface area contributed by atoms with Crippen molar-refractivity contribution in [2.24, 2.45) is 0 Å². The second kappa shape index (κ2) is 8.29. The Balaban J connectivity index is 2.53. The van der Waals surface area contributed by atoms with E-state index in [1.165, 1.54) is 20.0 Å². The van der Waals surface area contributed by atoms with E-state index in [1.807, 2.05) is 6.92 Å². The van der Waals surface area contributed by atoms with Crippen LogP contribution in [-0.2, 0) is 9.53 Å². The maximum atomic E-state index is 11.1. The molecule has 0 spiro atoms. The first-order chi connectivity index (χ1) is 9.15. The first kappa shape index (κ1) is 15.2. The molecule has 1 aromatic heterocycles. The summed E-state index contributed by atoms with van der Waals surface area (Å²) in [6, 6.07) is 1.79. The van der Waals surface area contributed by atoms with E-state index in [0.29, 0.717) is 11.6 Å². The molecule has 0 unspecified atom stereocenters. The van der Waals surface area contributed by atoms with Crippen molar-refractivity contribution in [3.63, 3.8) is 0 Å². The number of carbonyl (C=O) groups is 1. The van der Waals surface area contributed by atoms with E-state index in [9.17, 15) is 4.79 Å². The van der Waals surface area contributed by atoms with Gasteiger partial charge in [-0.1, -0.05) is 19.8 Å². The van der Waals surface area contributed by atoms with Gasteiger partial charge in [0.15, 0.2) is 0 Å². The molecule has 0 amide bonds. The molecule has 0 fully saturated rings. The number of carbonyl (C=O) groups excluding carboxylic acids is 1. The molecule has 0 aromatic carbocycles. The van der Waals surface area contributed by atoms with Crippen LogP contribution in [0.25, 0.3) is 0 Å². The van der Waals surface area contributed by atoms with E-state index in [2.05, 4.69) is 32.3 Å². The smallest absolute Gasteiger partial charge is 0.325 e. The molecule has 0 aliphatic rings. The van der Waals surface area contributed by atoms with E-state index in [4.69, 9.17) is 0 Å². The molecule has 19 heavy (non-hydrogen) atoms. The Labute approximate surface area is 114 Å². The highest BCUT2D eigenvalue weighted by Crippen LogP contribution is 2.11. The number of ether oxygens (including phenoxy) is 1. The van der Waals surface area contributed by atoms with Gasteiger partial charge in [-0.05, 0) is 13.3 Å². The monoisotopic (exact) mass is 266 g/mol. The first-order valence-corrected chi connectivity index (χ1v) is 6.56. The number of methoxy groups -OCH3 is 1. The third kappa shape index (κ3) is 6.03. The Morgan fingerprint density at radius 1 is 1.26 bits per heavy atom. The minimum absolute atomic E-state index is 0.0994. The van der Waals surface area contributed by atoms with Crippen LogP contribution in [0, 0.1) is 6.92 Å². The van der Waals surface area contributed by atoms with Crippen LogP contribution in [0.3, 0.4) is 0 Å². The van der Waals surface area contributed by atoms with Gasteiger partial charge in [0.1, 0.15) is 24.0 Å². The van der Waals surface area contributed by atoms with Crippen molar-refractivity contribution in [2.45, 2.75) is 33.1 Å². The second-order valence-electron chi connectivity index (χ2n) is 4.25. The summed E-state index contributed by atoms with van der Waals surface area (Å²) in [6.45, 7) is 4.98. The summed E-state index contributed by atoms with van der Waals surface area (Å²) in [7, 11) is 1.36. The molecular weight excluding hydrogens is 244 g/mol. The number of esters is 1. The fourth-order valence-electron chi connectivity index (χ4n) is 1.58.